The van der Waals surface area contributed by atoms with Crippen LogP contribution in [-0.2, 0) is 4.79 Å². The molecular weight excluding hydrogens is 339 g/mol. The van der Waals surface area contributed by atoms with Crippen LogP contribution < -0.4 is 11.1 Å². The summed E-state index contributed by atoms with van der Waals surface area (Å²) in [6.45, 7) is 4.90. The van der Waals surface area contributed by atoms with Crippen LogP contribution in [0, 0.1) is 40.9 Å². The summed E-state index contributed by atoms with van der Waals surface area (Å²) in [5, 5.41) is 3.03. The third-order valence-electron chi connectivity index (χ3n) is 8.50. The van der Waals surface area contributed by atoms with E-state index in [0.29, 0.717) is 30.1 Å². The number of fused-ring (bicyclic) bond motifs is 3. The van der Waals surface area contributed by atoms with Gasteiger partial charge in [-0.2, -0.15) is 0 Å². The van der Waals surface area contributed by atoms with Crippen molar-refractivity contribution in [3.8, 4) is 0 Å². The molecule has 3 aliphatic rings. The van der Waals surface area contributed by atoms with E-state index in [1.165, 1.54) is 51.1 Å². The fourth-order valence-corrected chi connectivity index (χ4v) is 7.40. The van der Waals surface area contributed by atoms with Crippen molar-refractivity contribution in [2.24, 2.45) is 46.7 Å². The molecule has 3 aliphatic carbocycles. The predicted molar refractivity (Wildman–Crippen MR) is 109 cm³/mol. The molecule has 0 spiro atoms. The van der Waals surface area contributed by atoms with Crippen LogP contribution in [0.5, 0.6) is 0 Å². The van der Waals surface area contributed by atoms with Crippen LogP contribution in [0.15, 0.2) is 12.4 Å². The van der Waals surface area contributed by atoms with E-state index in [1.54, 1.807) is 6.20 Å². The number of hydrogen-bond donors (Lipinski definition) is 2. The number of halogens is 1. The summed E-state index contributed by atoms with van der Waals surface area (Å²) in [5.74, 6) is 4.04. The summed E-state index contributed by atoms with van der Waals surface area (Å²) in [6.07, 6.45) is 13.4. The number of Topliss-reactive ketones (excluding diaryl/α,β-unsaturated/α-hetero) is 1. The van der Waals surface area contributed by atoms with Crippen LogP contribution in [0.25, 0.3) is 0 Å². The maximum absolute atomic E-state index is 13.1. The zero-order valence-electron chi connectivity index (χ0n) is 17.3. The minimum absolute atomic E-state index is 0.162. The molecule has 27 heavy (non-hydrogen) atoms. The summed E-state index contributed by atoms with van der Waals surface area (Å²) in [5.41, 5.74) is 5.53. The Kier molecular flexibility index (Phi) is 6.86. The number of nitrogens with two attached hydrogens (primary N) is 1. The van der Waals surface area contributed by atoms with E-state index in [4.69, 9.17) is 5.73 Å². The second kappa shape index (κ2) is 8.96. The molecule has 0 aliphatic heterocycles. The second-order valence-corrected chi connectivity index (χ2v) is 9.58. The largest absolute Gasteiger partial charge is 0.403 e. The van der Waals surface area contributed by atoms with Crippen molar-refractivity contribution in [1.29, 1.82) is 0 Å². The molecule has 7 atom stereocenters. The Morgan fingerprint density at radius 2 is 2.00 bits per heavy atom. The van der Waals surface area contributed by atoms with Crippen LogP contribution in [0.2, 0.25) is 0 Å². The lowest BCUT2D eigenvalue weighted by Crippen LogP contribution is -2.49. The van der Waals surface area contributed by atoms with Gasteiger partial charge in [-0.1, -0.05) is 26.7 Å². The third kappa shape index (κ3) is 3.91. The maximum Gasteiger partial charge on any atom is 0.155 e. The van der Waals surface area contributed by atoms with E-state index in [2.05, 4.69) is 19.2 Å². The van der Waals surface area contributed by atoms with E-state index in [1.807, 2.05) is 0 Å². The molecule has 0 aromatic heterocycles. The Morgan fingerprint density at radius 3 is 2.70 bits per heavy atom. The van der Waals surface area contributed by atoms with Gasteiger partial charge in [0.2, 0.25) is 0 Å². The lowest BCUT2D eigenvalue weighted by atomic mass is 9.50. The molecule has 3 fully saturated rings. The highest BCUT2D eigenvalue weighted by molar-refractivity contribution is 5.84. The summed E-state index contributed by atoms with van der Waals surface area (Å²) in [7, 11) is 0. The van der Waals surface area contributed by atoms with Gasteiger partial charge in [0.25, 0.3) is 0 Å². The minimum Gasteiger partial charge on any atom is -0.403 e. The first-order chi connectivity index (χ1) is 13.1. The number of ketones is 1. The SMILES string of the molecule is CCCC1C(CCF)CCC2C1CCC1(C)C(C(=O)CN/C=C\N)CCC21. The molecule has 7 unspecified atom stereocenters. The fourth-order valence-electron chi connectivity index (χ4n) is 7.40. The van der Waals surface area contributed by atoms with Crippen molar-refractivity contribution in [2.75, 3.05) is 13.2 Å². The van der Waals surface area contributed by atoms with E-state index < -0.39 is 0 Å². The standard InChI is InChI=1S/C23H39FN2O/c1-3-4-17-16(10-12-24)5-6-19-18(17)9-11-23(2)20(19)7-8-21(23)22(27)15-26-14-13-25/h13-14,16-21,26H,3-12,15,25H2,1-2H3/b14-13-. The average molecular weight is 379 g/mol. The monoisotopic (exact) mass is 378 g/mol. The molecule has 3 rings (SSSR count). The van der Waals surface area contributed by atoms with Crippen molar-refractivity contribution >= 4 is 5.78 Å². The molecule has 3 nitrogen and oxygen atoms in total. The number of alkyl halides is 1. The van der Waals surface area contributed by atoms with Crippen molar-refractivity contribution in [3.05, 3.63) is 12.4 Å². The third-order valence-corrected chi connectivity index (χ3v) is 8.50. The average Bonchev–Trinajstić information content (AvgIpc) is 3.01. The molecular formula is C23H39FN2O. The maximum atomic E-state index is 13.1. The van der Waals surface area contributed by atoms with Crippen molar-refractivity contribution in [3.63, 3.8) is 0 Å². The second-order valence-electron chi connectivity index (χ2n) is 9.58. The van der Waals surface area contributed by atoms with Crippen LogP contribution in [0.3, 0.4) is 0 Å². The number of hydrogen-bond acceptors (Lipinski definition) is 3. The molecule has 0 heterocycles. The quantitative estimate of drug-likeness (QED) is 0.637. The van der Waals surface area contributed by atoms with Gasteiger partial charge >= 0.3 is 0 Å². The number of rotatable bonds is 8. The zero-order valence-corrected chi connectivity index (χ0v) is 17.3. The molecule has 0 aromatic carbocycles. The Labute approximate surface area is 164 Å². The van der Waals surface area contributed by atoms with Gasteiger partial charge in [0.15, 0.2) is 5.78 Å². The summed E-state index contributed by atoms with van der Waals surface area (Å²) in [6, 6.07) is 0. The van der Waals surface area contributed by atoms with Crippen molar-refractivity contribution in [2.45, 2.75) is 71.6 Å². The van der Waals surface area contributed by atoms with E-state index in [0.717, 1.165) is 24.7 Å². The molecule has 3 N–H and O–H groups in total. The van der Waals surface area contributed by atoms with Gasteiger partial charge in [-0.05, 0) is 80.0 Å². The first-order valence-electron chi connectivity index (χ1n) is 11.3. The first kappa shape index (κ1) is 20.7. The fraction of sp³-hybridized carbons (Fsp3) is 0.870. The molecule has 3 saturated carbocycles. The normalized spacial score (nSPS) is 41.3. The van der Waals surface area contributed by atoms with Crippen LogP contribution in [-0.4, -0.2) is 19.0 Å². The summed E-state index contributed by atoms with van der Waals surface area (Å²) in [4.78, 5) is 12.9. The van der Waals surface area contributed by atoms with Crippen LogP contribution in [0.4, 0.5) is 4.39 Å². The topological polar surface area (TPSA) is 55.1 Å². The molecule has 0 saturated heterocycles. The lowest BCUT2D eigenvalue weighted by molar-refractivity contribution is -0.129. The Balaban J connectivity index is 1.73. The van der Waals surface area contributed by atoms with Gasteiger partial charge < -0.3 is 11.1 Å². The van der Waals surface area contributed by atoms with Gasteiger partial charge in [-0.15, -0.1) is 0 Å². The molecule has 0 bridgehead atoms. The van der Waals surface area contributed by atoms with Crippen molar-refractivity contribution < 1.29 is 9.18 Å². The predicted octanol–water partition coefficient (Wildman–Crippen LogP) is 4.82. The number of nitrogens with one attached hydrogen (secondary N) is 1. The molecule has 4 heteroatoms. The Morgan fingerprint density at radius 1 is 1.19 bits per heavy atom. The zero-order chi connectivity index (χ0) is 19.4. The number of carbonyl (C=O) groups excluding carboxylic acids is 1. The summed E-state index contributed by atoms with van der Waals surface area (Å²) < 4.78 is 13.1. The van der Waals surface area contributed by atoms with Crippen molar-refractivity contribution in [1.82, 2.24) is 5.32 Å². The van der Waals surface area contributed by atoms with E-state index >= 15 is 0 Å². The molecule has 0 radical (unpaired) electrons. The summed E-state index contributed by atoms with van der Waals surface area (Å²) >= 11 is 0. The van der Waals surface area contributed by atoms with Gasteiger partial charge in [0.1, 0.15) is 0 Å². The number of carbonyl (C=O) groups is 1. The Hall–Kier alpha value is -1.06. The highest BCUT2D eigenvalue weighted by Crippen LogP contribution is 2.63. The molecule has 154 valence electrons. The van der Waals surface area contributed by atoms with Crippen LogP contribution >= 0.6 is 0 Å². The molecule has 0 amide bonds. The lowest BCUT2D eigenvalue weighted by Gasteiger charge is -2.54. The highest BCUT2D eigenvalue weighted by Gasteiger charge is 2.57. The van der Waals surface area contributed by atoms with Gasteiger partial charge in [0.05, 0.1) is 13.2 Å². The van der Waals surface area contributed by atoms with Gasteiger partial charge in [-0.3, -0.25) is 9.18 Å². The van der Waals surface area contributed by atoms with Crippen LogP contribution in [0.1, 0.15) is 71.6 Å². The highest BCUT2D eigenvalue weighted by atomic mass is 19.1. The van der Waals surface area contributed by atoms with Gasteiger partial charge in [-0.25, -0.2) is 0 Å². The minimum atomic E-state index is -0.162. The molecule has 0 aromatic rings. The Bertz CT molecular complexity index is 536. The first-order valence-corrected chi connectivity index (χ1v) is 11.3. The smallest absolute Gasteiger partial charge is 0.155 e. The van der Waals surface area contributed by atoms with E-state index in [9.17, 15) is 9.18 Å². The van der Waals surface area contributed by atoms with Gasteiger partial charge in [0, 0.05) is 18.3 Å². The van der Waals surface area contributed by atoms with E-state index in [-0.39, 0.29) is 18.0 Å².